The molecule has 0 radical (unpaired) electrons. The maximum Gasteiger partial charge on any atom is 0.335 e. The number of nitrogens with one attached hydrogen (secondary N) is 1. The fourth-order valence-electron chi connectivity index (χ4n) is 2.63. The van der Waals surface area contributed by atoms with E-state index in [0.717, 1.165) is 11.1 Å². The molecule has 0 aliphatic heterocycles. The smallest absolute Gasteiger partial charge is 0.335 e. The summed E-state index contributed by atoms with van der Waals surface area (Å²) in [5, 5.41) is 9.45. The molecule has 0 aliphatic carbocycles. The van der Waals surface area contributed by atoms with Crippen molar-refractivity contribution in [3.63, 3.8) is 0 Å². The lowest BCUT2D eigenvalue weighted by molar-refractivity contribution is 0.0697. The molecule has 0 amide bonds. The van der Waals surface area contributed by atoms with E-state index in [2.05, 4.69) is 9.97 Å². The molecule has 1 heterocycles. The van der Waals surface area contributed by atoms with Crippen molar-refractivity contribution >= 4 is 16.9 Å². The summed E-state index contributed by atoms with van der Waals surface area (Å²) < 4.78 is 5.34. The van der Waals surface area contributed by atoms with Gasteiger partial charge < -0.3 is 14.8 Å². The molecule has 3 aromatic rings. The van der Waals surface area contributed by atoms with E-state index in [9.17, 15) is 9.59 Å². The van der Waals surface area contributed by atoms with Crippen molar-refractivity contribution in [3.8, 4) is 5.75 Å². The van der Waals surface area contributed by atoms with Gasteiger partial charge in [0.2, 0.25) is 0 Å². The van der Waals surface area contributed by atoms with E-state index in [4.69, 9.17) is 9.84 Å². The number of aromatic nitrogens is 2. The zero-order valence-corrected chi connectivity index (χ0v) is 13.3. The Balaban J connectivity index is 2.09. The molecular weight excluding hydrogens is 308 g/mol. The van der Waals surface area contributed by atoms with Gasteiger partial charge in [-0.3, -0.25) is 4.79 Å². The average molecular weight is 324 g/mol. The number of methoxy groups -OCH3 is 1. The zero-order valence-electron chi connectivity index (χ0n) is 13.3. The van der Waals surface area contributed by atoms with Crippen LogP contribution in [-0.2, 0) is 6.42 Å². The van der Waals surface area contributed by atoms with Crippen molar-refractivity contribution in [1.29, 1.82) is 0 Å². The van der Waals surface area contributed by atoms with E-state index in [-0.39, 0.29) is 11.1 Å². The Morgan fingerprint density at radius 3 is 2.75 bits per heavy atom. The highest BCUT2D eigenvalue weighted by Crippen LogP contribution is 2.22. The predicted octanol–water partition coefficient (Wildman–Crippen LogP) is 2.53. The number of carbonyl (C=O) groups is 1. The van der Waals surface area contributed by atoms with Gasteiger partial charge in [0, 0.05) is 12.0 Å². The van der Waals surface area contributed by atoms with Crippen LogP contribution in [0, 0.1) is 6.92 Å². The molecule has 24 heavy (non-hydrogen) atoms. The average Bonchev–Trinajstić information content (AvgIpc) is 2.54. The van der Waals surface area contributed by atoms with Crippen LogP contribution in [0.15, 0.2) is 41.2 Å². The van der Waals surface area contributed by atoms with Gasteiger partial charge >= 0.3 is 5.97 Å². The largest absolute Gasteiger partial charge is 0.496 e. The molecular formula is C18H16N2O4. The van der Waals surface area contributed by atoms with Crippen LogP contribution < -0.4 is 10.3 Å². The highest BCUT2D eigenvalue weighted by Gasteiger charge is 2.11. The van der Waals surface area contributed by atoms with E-state index in [1.165, 1.54) is 18.2 Å². The molecule has 2 N–H and O–H groups in total. The molecule has 122 valence electrons. The summed E-state index contributed by atoms with van der Waals surface area (Å²) in [5.74, 6) is 0.113. The van der Waals surface area contributed by atoms with E-state index in [1.54, 1.807) is 7.11 Å². The van der Waals surface area contributed by atoms with Gasteiger partial charge in [-0.2, -0.15) is 0 Å². The third-order valence-electron chi connectivity index (χ3n) is 3.80. The molecule has 0 spiro atoms. The number of carboxylic acids is 1. The number of benzene rings is 2. The van der Waals surface area contributed by atoms with Gasteiger partial charge in [-0.25, -0.2) is 9.78 Å². The monoisotopic (exact) mass is 324 g/mol. The van der Waals surface area contributed by atoms with Crippen LogP contribution in [0.25, 0.3) is 10.9 Å². The first-order valence-electron chi connectivity index (χ1n) is 7.37. The molecule has 6 nitrogen and oxygen atoms in total. The SMILES string of the molecule is COc1ccc(C)cc1Cc1nc2cc(C(=O)O)ccc2c(=O)[nH]1. The van der Waals surface area contributed by atoms with Crippen LogP contribution in [0.2, 0.25) is 0 Å². The first-order chi connectivity index (χ1) is 11.5. The van der Waals surface area contributed by atoms with Crippen molar-refractivity contribution in [3.05, 3.63) is 69.3 Å². The fraction of sp³-hybridized carbons (Fsp3) is 0.167. The number of ether oxygens (including phenoxy) is 1. The van der Waals surface area contributed by atoms with Crippen LogP contribution in [0.3, 0.4) is 0 Å². The second kappa shape index (κ2) is 6.16. The summed E-state index contributed by atoms with van der Waals surface area (Å²) in [6.07, 6.45) is 0.382. The minimum absolute atomic E-state index is 0.0969. The summed E-state index contributed by atoms with van der Waals surface area (Å²) in [6.45, 7) is 1.97. The molecule has 0 saturated carbocycles. The van der Waals surface area contributed by atoms with E-state index in [1.807, 2.05) is 25.1 Å². The summed E-state index contributed by atoms with van der Waals surface area (Å²) in [4.78, 5) is 30.5. The molecule has 0 unspecified atom stereocenters. The number of hydrogen-bond acceptors (Lipinski definition) is 4. The normalized spacial score (nSPS) is 10.8. The molecule has 6 heteroatoms. The maximum absolute atomic E-state index is 12.2. The van der Waals surface area contributed by atoms with Crippen LogP contribution in [0.1, 0.15) is 27.3 Å². The van der Waals surface area contributed by atoms with Gasteiger partial charge in [0.1, 0.15) is 11.6 Å². The predicted molar refractivity (Wildman–Crippen MR) is 89.9 cm³/mol. The van der Waals surface area contributed by atoms with E-state index < -0.39 is 5.97 Å². The van der Waals surface area contributed by atoms with Crippen LogP contribution in [0.5, 0.6) is 5.75 Å². The third-order valence-corrected chi connectivity index (χ3v) is 3.80. The second-order valence-corrected chi connectivity index (χ2v) is 5.54. The number of H-pyrrole nitrogens is 1. The van der Waals surface area contributed by atoms with Crippen LogP contribution in [0.4, 0.5) is 0 Å². The lowest BCUT2D eigenvalue weighted by atomic mass is 10.1. The van der Waals surface area contributed by atoms with Gasteiger partial charge in [0.05, 0.1) is 23.6 Å². The Kier molecular flexibility index (Phi) is 4.04. The number of carboxylic acid groups (broad SMARTS) is 1. The Morgan fingerprint density at radius 2 is 2.04 bits per heavy atom. The van der Waals surface area contributed by atoms with Crippen molar-refractivity contribution in [2.45, 2.75) is 13.3 Å². The topological polar surface area (TPSA) is 92.3 Å². The Hall–Kier alpha value is -3.15. The third kappa shape index (κ3) is 2.99. The number of aromatic carboxylic acids is 1. The standard InChI is InChI=1S/C18H16N2O4/c1-10-3-6-15(24-2)12(7-10)9-16-19-14-8-11(18(22)23)4-5-13(14)17(21)20-16/h3-8H,9H2,1-2H3,(H,22,23)(H,19,20,21). The number of aryl methyl sites for hydroxylation is 1. The van der Waals surface area contributed by atoms with E-state index in [0.29, 0.717) is 28.9 Å². The summed E-state index contributed by atoms with van der Waals surface area (Å²) >= 11 is 0. The number of aromatic amines is 1. The highest BCUT2D eigenvalue weighted by atomic mass is 16.5. The van der Waals surface area contributed by atoms with Gasteiger partial charge in [-0.1, -0.05) is 17.7 Å². The van der Waals surface area contributed by atoms with Crippen molar-refractivity contribution in [1.82, 2.24) is 9.97 Å². The number of fused-ring (bicyclic) bond motifs is 1. The minimum Gasteiger partial charge on any atom is -0.496 e. The molecule has 0 aliphatic rings. The van der Waals surface area contributed by atoms with Gasteiger partial charge in [-0.05, 0) is 31.2 Å². The molecule has 0 bridgehead atoms. The van der Waals surface area contributed by atoms with Crippen LogP contribution >= 0.6 is 0 Å². The summed E-state index contributed by atoms with van der Waals surface area (Å²) in [6, 6.07) is 10.1. The zero-order chi connectivity index (χ0) is 17.3. The number of hydrogen-bond donors (Lipinski definition) is 2. The molecule has 0 atom stereocenters. The highest BCUT2D eigenvalue weighted by molar-refractivity contribution is 5.92. The second-order valence-electron chi connectivity index (χ2n) is 5.54. The minimum atomic E-state index is -1.05. The quantitative estimate of drug-likeness (QED) is 0.769. The Labute approximate surface area is 137 Å². The number of rotatable bonds is 4. The lowest BCUT2D eigenvalue weighted by Crippen LogP contribution is -2.13. The van der Waals surface area contributed by atoms with Crippen molar-refractivity contribution in [2.24, 2.45) is 0 Å². The lowest BCUT2D eigenvalue weighted by Gasteiger charge is -2.09. The van der Waals surface area contributed by atoms with Crippen LogP contribution in [-0.4, -0.2) is 28.2 Å². The maximum atomic E-state index is 12.2. The molecule has 3 rings (SSSR count). The van der Waals surface area contributed by atoms with E-state index >= 15 is 0 Å². The van der Waals surface area contributed by atoms with Gasteiger partial charge in [-0.15, -0.1) is 0 Å². The van der Waals surface area contributed by atoms with Gasteiger partial charge in [0.25, 0.3) is 5.56 Å². The molecule has 0 saturated heterocycles. The Morgan fingerprint density at radius 1 is 1.25 bits per heavy atom. The molecule has 1 aromatic heterocycles. The van der Waals surface area contributed by atoms with Crippen molar-refractivity contribution < 1.29 is 14.6 Å². The first kappa shape index (κ1) is 15.7. The molecule has 0 fully saturated rings. The fourth-order valence-corrected chi connectivity index (χ4v) is 2.63. The first-order valence-corrected chi connectivity index (χ1v) is 7.37. The molecule has 2 aromatic carbocycles. The summed E-state index contributed by atoms with van der Waals surface area (Å²) in [5.41, 5.74) is 2.13. The summed E-state index contributed by atoms with van der Waals surface area (Å²) in [7, 11) is 1.59. The van der Waals surface area contributed by atoms with Crippen molar-refractivity contribution in [2.75, 3.05) is 7.11 Å². The Bertz CT molecular complexity index is 992. The van der Waals surface area contributed by atoms with Gasteiger partial charge in [0.15, 0.2) is 0 Å². The number of nitrogens with zero attached hydrogens (tertiary/aromatic N) is 1.